The van der Waals surface area contributed by atoms with Gasteiger partial charge in [-0.15, -0.1) is 0 Å². The number of pyridine rings is 2. The van der Waals surface area contributed by atoms with E-state index in [4.69, 9.17) is 4.98 Å². The summed E-state index contributed by atoms with van der Waals surface area (Å²) < 4.78 is 2.11. The van der Waals surface area contributed by atoms with E-state index in [1.165, 1.54) is 5.56 Å². The third kappa shape index (κ3) is 2.32. The van der Waals surface area contributed by atoms with E-state index in [0.29, 0.717) is 0 Å². The lowest BCUT2D eigenvalue weighted by atomic mass is 10.1. The molecule has 23 heavy (non-hydrogen) atoms. The van der Waals surface area contributed by atoms with E-state index in [2.05, 4.69) is 52.1 Å². The van der Waals surface area contributed by atoms with Crippen molar-refractivity contribution in [2.75, 3.05) is 5.32 Å². The summed E-state index contributed by atoms with van der Waals surface area (Å²) in [6.07, 6.45) is 4.74. The van der Waals surface area contributed by atoms with E-state index in [9.17, 15) is 0 Å². The van der Waals surface area contributed by atoms with Crippen LogP contribution in [0, 0.1) is 0 Å². The van der Waals surface area contributed by atoms with Crippen molar-refractivity contribution < 1.29 is 0 Å². The van der Waals surface area contributed by atoms with Gasteiger partial charge in [-0.2, -0.15) is 0 Å². The quantitative estimate of drug-likeness (QED) is 0.609. The Kier molecular flexibility index (Phi) is 3.23. The van der Waals surface area contributed by atoms with Gasteiger partial charge in [-0.25, -0.2) is 4.98 Å². The molecule has 0 spiro atoms. The zero-order valence-corrected chi connectivity index (χ0v) is 13.2. The average Bonchev–Trinajstić information content (AvgIpc) is 2.88. The van der Waals surface area contributed by atoms with Gasteiger partial charge >= 0.3 is 0 Å². The predicted molar refractivity (Wildman–Crippen MR) is 95.1 cm³/mol. The molecule has 3 aromatic heterocycles. The summed E-state index contributed by atoms with van der Waals surface area (Å²) >= 11 is 0. The molecule has 0 unspecified atom stereocenters. The second-order valence-corrected chi connectivity index (χ2v) is 5.70. The molecule has 0 atom stereocenters. The molecule has 4 rings (SSSR count). The number of hydrogen-bond acceptors (Lipinski definition) is 3. The van der Waals surface area contributed by atoms with Crippen LogP contribution in [-0.2, 0) is 13.5 Å². The normalized spacial score (nSPS) is 11.2. The lowest BCUT2D eigenvalue weighted by molar-refractivity contribution is 0.989. The summed E-state index contributed by atoms with van der Waals surface area (Å²) in [5, 5.41) is 5.67. The molecule has 0 aliphatic carbocycles. The maximum Gasteiger partial charge on any atom is 0.143 e. The highest BCUT2D eigenvalue weighted by molar-refractivity contribution is 6.06. The topological polar surface area (TPSA) is 42.7 Å². The molecule has 0 bridgehead atoms. The maximum atomic E-state index is 4.79. The van der Waals surface area contributed by atoms with E-state index >= 15 is 0 Å². The van der Waals surface area contributed by atoms with Gasteiger partial charge in [0.25, 0.3) is 0 Å². The minimum Gasteiger partial charge on any atom is -0.340 e. The summed E-state index contributed by atoms with van der Waals surface area (Å²) in [5.74, 6) is 0.851. The fourth-order valence-electron chi connectivity index (χ4n) is 3.00. The van der Waals surface area contributed by atoms with Gasteiger partial charge in [0.05, 0.1) is 5.52 Å². The van der Waals surface area contributed by atoms with Gasteiger partial charge < -0.3 is 9.88 Å². The Hall–Kier alpha value is -2.88. The molecule has 4 aromatic rings. The number of anilines is 2. The first-order chi connectivity index (χ1) is 11.3. The Morgan fingerprint density at radius 2 is 2.00 bits per heavy atom. The monoisotopic (exact) mass is 302 g/mol. The largest absolute Gasteiger partial charge is 0.340 e. The van der Waals surface area contributed by atoms with E-state index in [1.807, 2.05) is 31.6 Å². The van der Waals surface area contributed by atoms with Gasteiger partial charge in [0, 0.05) is 35.9 Å². The van der Waals surface area contributed by atoms with Crippen LogP contribution in [0.3, 0.4) is 0 Å². The Balaban J connectivity index is 1.79. The van der Waals surface area contributed by atoms with E-state index in [-0.39, 0.29) is 0 Å². The molecule has 3 heterocycles. The molecule has 0 radical (unpaired) electrons. The fraction of sp³-hybridized carbons (Fsp3) is 0.158. The van der Waals surface area contributed by atoms with Crippen molar-refractivity contribution in [2.45, 2.75) is 13.3 Å². The summed E-state index contributed by atoms with van der Waals surface area (Å²) in [4.78, 5) is 9.02. The molecular weight excluding hydrogens is 284 g/mol. The van der Waals surface area contributed by atoms with Crippen molar-refractivity contribution >= 4 is 33.4 Å². The number of rotatable bonds is 3. The number of benzene rings is 1. The van der Waals surface area contributed by atoms with Crippen molar-refractivity contribution in [3.63, 3.8) is 0 Å². The zero-order valence-electron chi connectivity index (χ0n) is 13.2. The first kappa shape index (κ1) is 13.8. The lowest BCUT2D eigenvalue weighted by Crippen LogP contribution is -1.96. The Morgan fingerprint density at radius 3 is 2.87 bits per heavy atom. The number of fused-ring (bicyclic) bond motifs is 3. The maximum absolute atomic E-state index is 4.79. The molecule has 0 amide bonds. The van der Waals surface area contributed by atoms with Crippen LogP contribution in [0.15, 0.2) is 54.9 Å². The minimum atomic E-state index is 0.851. The van der Waals surface area contributed by atoms with E-state index in [0.717, 1.165) is 39.9 Å². The number of nitrogens with zero attached hydrogens (tertiary/aromatic N) is 3. The highest BCUT2D eigenvalue weighted by atomic mass is 15.1. The molecule has 4 nitrogen and oxygen atoms in total. The standard InChI is InChI=1S/C19H18N4/c1-3-13-5-4-6-14(11-13)21-18-8-7-15-16-12-20-10-9-17(16)23(2)19(15)22-18/h4-12H,3H2,1-2H3,(H,21,22). The van der Waals surface area contributed by atoms with Crippen LogP contribution in [0.4, 0.5) is 11.5 Å². The summed E-state index contributed by atoms with van der Waals surface area (Å²) in [6.45, 7) is 2.16. The van der Waals surface area contributed by atoms with Crippen LogP contribution in [0.2, 0.25) is 0 Å². The highest BCUT2D eigenvalue weighted by Crippen LogP contribution is 2.28. The van der Waals surface area contributed by atoms with Gasteiger partial charge in [0.2, 0.25) is 0 Å². The first-order valence-corrected chi connectivity index (χ1v) is 7.81. The summed E-state index contributed by atoms with van der Waals surface area (Å²) in [6, 6.07) is 14.6. The van der Waals surface area contributed by atoms with Crippen LogP contribution < -0.4 is 5.32 Å². The molecule has 0 aliphatic heterocycles. The van der Waals surface area contributed by atoms with Crippen LogP contribution in [-0.4, -0.2) is 14.5 Å². The van der Waals surface area contributed by atoms with Crippen molar-refractivity contribution in [3.05, 3.63) is 60.4 Å². The molecule has 0 saturated carbocycles. The van der Waals surface area contributed by atoms with Crippen molar-refractivity contribution in [2.24, 2.45) is 7.05 Å². The third-order valence-corrected chi connectivity index (χ3v) is 4.25. The third-order valence-electron chi connectivity index (χ3n) is 4.25. The molecule has 114 valence electrons. The van der Waals surface area contributed by atoms with Gasteiger partial charge in [0.15, 0.2) is 0 Å². The first-order valence-electron chi connectivity index (χ1n) is 7.81. The van der Waals surface area contributed by atoms with Crippen LogP contribution in [0.1, 0.15) is 12.5 Å². The van der Waals surface area contributed by atoms with Gasteiger partial charge in [-0.05, 0) is 42.3 Å². The Bertz CT molecular complexity index is 1000. The van der Waals surface area contributed by atoms with Crippen LogP contribution >= 0.6 is 0 Å². The van der Waals surface area contributed by atoms with Crippen molar-refractivity contribution in [3.8, 4) is 0 Å². The van der Waals surface area contributed by atoms with Crippen molar-refractivity contribution in [1.82, 2.24) is 14.5 Å². The number of hydrogen-bond donors (Lipinski definition) is 1. The Labute approximate surface area is 134 Å². The fourth-order valence-corrected chi connectivity index (χ4v) is 3.00. The minimum absolute atomic E-state index is 0.851. The lowest BCUT2D eigenvalue weighted by Gasteiger charge is -2.07. The van der Waals surface area contributed by atoms with Crippen molar-refractivity contribution in [1.29, 1.82) is 0 Å². The molecule has 0 aliphatic rings. The SMILES string of the molecule is CCc1cccc(Nc2ccc3c4cnccc4n(C)c3n2)c1. The summed E-state index contributed by atoms with van der Waals surface area (Å²) in [5.41, 5.74) is 4.49. The molecule has 4 heteroatoms. The second-order valence-electron chi connectivity index (χ2n) is 5.70. The van der Waals surface area contributed by atoms with Crippen LogP contribution in [0.25, 0.3) is 21.9 Å². The summed E-state index contributed by atoms with van der Waals surface area (Å²) in [7, 11) is 2.04. The number of nitrogens with one attached hydrogen (secondary N) is 1. The Morgan fingerprint density at radius 1 is 1.09 bits per heavy atom. The van der Waals surface area contributed by atoms with E-state index in [1.54, 1.807) is 0 Å². The molecule has 1 N–H and O–H groups in total. The van der Waals surface area contributed by atoms with Gasteiger partial charge in [-0.1, -0.05) is 19.1 Å². The molecule has 0 fully saturated rings. The smallest absolute Gasteiger partial charge is 0.143 e. The second kappa shape index (κ2) is 5.39. The predicted octanol–water partition coefficient (Wildman–Crippen LogP) is 4.43. The highest BCUT2D eigenvalue weighted by Gasteiger charge is 2.10. The molecular formula is C19H18N4. The zero-order chi connectivity index (χ0) is 15.8. The number of aromatic nitrogens is 3. The van der Waals surface area contributed by atoms with E-state index < -0.39 is 0 Å². The van der Waals surface area contributed by atoms with Gasteiger partial charge in [-0.3, -0.25) is 4.98 Å². The molecule has 1 aromatic carbocycles. The van der Waals surface area contributed by atoms with Crippen LogP contribution in [0.5, 0.6) is 0 Å². The molecule has 0 saturated heterocycles. The average molecular weight is 302 g/mol. The van der Waals surface area contributed by atoms with Gasteiger partial charge in [0.1, 0.15) is 11.5 Å². The number of aryl methyl sites for hydroxylation is 2.